The van der Waals surface area contributed by atoms with E-state index in [9.17, 15) is 0 Å². The normalized spacial score (nSPS) is 28.0. The van der Waals surface area contributed by atoms with Crippen molar-refractivity contribution >= 4 is 28.7 Å². The van der Waals surface area contributed by atoms with Crippen LogP contribution in [0.25, 0.3) is 0 Å². The average Bonchev–Trinajstić information content (AvgIpc) is 2.56. The fourth-order valence-electron chi connectivity index (χ4n) is 1.51. The molecule has 4 nitrogen and oxygen atoms in total. The summed E-state index contributed by atoms with van der Waals surface area (Å²) in [7, 11) is 0. The van der Waals surface area contributed by atoms with E-state index in [2.05, 4.69) is 28.9 Å². The lowest BCUT2D eigenvalue weighted by Gasteiger charge is -2.36. The number of hydrogen-bond donors (Lipinski definition) is 1. The van der Waals surface area contributed by atoms with Crippen LogP contribution in [0.1, 0.15) is 13.8 Å². The number of rotatable bonds is 1. The number of hydrogen-bond acceptors (Lipinski definition) is 5. The van der Waals surface area contributed by atoms with Gasteiger partial charge in [0.25, 0.3) is 0 Å². The third-order valence-corrected chi connectivity index (χ3v) is 3.41. The summed E-state index contributed by atoms with van der Waals surface area (Å²) in [5, 5.41) is 7.96. The Bertz CT molecular complexity index is 361. The van der Waals surface area contributed by atoms with Crippen molar-refractivity contribution in [2.75, 3.05) is 18.1 Å². The van der Waals surface area contributed by atoms with E-state index in [1.807, 2.05) is 0 Å². The molecular formula is C8H13N3OS2. The summed E-state index contributed by atoms with van der Waals surface area (Å²) in [4.78, 5) is 2.24. The molecule has 0 radical (unpaired) electrons. The molecular weight excluding hydrogens is 218 g/mol. The molecule has 1 N–H and O–H groups in total. The van der Waals surface area contributed by atoms with Crippen LogP contribution in [-0.2, 0) is 4.74 Å². The third-order valence-electron chi connectivity index (χ3n) is 2.28. The zero-order chi connectivity index (χ0) is 10.1. The lowest BCUT2D eigenvalue weighted by Crippen LogP contribution is -2.47. The maximum absolute atomic E-state index is 5.55. The van der Waals surface area contributed by atoms with E-state index in [0.717, 1.165) is 22.2 Å². The SMILES string of the molecule is CC1CN(c2n[nH]c(=S)s2)C(C)CO1. The molecule has 6 heteroatoms. The number of morpholine rings is 1. The van der Waals surface area contributed by atoms with Gasteiger partial charge in [-0.1, -0.05) is 11.3 Å². The fourth-order valence-corrected chi connectivity index (χ4v) is 2.50. The van der Waals surface area contributed by atoms with Gasteiger partial charge < -0.3 is 9.64 Å². The van der Waals surface area contributed by atoms with E-state index in [1.165, 1.54) is 11.3 Å². The Balaban J connectivity index is 2.19. The molecule has 0 saturated carbocycles. The number of anilines is 1. The molecule has 1 aromatic rings. The Morgan fingerprint density at radius 1 is 1.64 bits per heavy atom. The molecule has 2 heterocycles. The molecule has 0 aliphatic carbocycles. The van der Waals surface area contributed by atoms with Crippen LogP contribution < -0.4 is 4.90 Å². The summed E-state index contributed by atoms with van der Waals surface area (Å²) in [6.07, 6.45) is 0.267. The molecule has 78 valence electrons. The van der Waals surface area contributed by atoms with Gasteiger partial charge in [-0.25, -0.2) is 0 Å². The topological polar surface area (TPSA) is 41.2 Å². The van der Waals surface area contributed by atoms with Crippen molar-refractivity contribution in [1.82, 2.24) is 10.2 Å². The highest BCUT2D eigenvalue weighted by atomic mass is 32.1. The van der Waals surface area contributed by atoms with Crippen LogP contribution in [-0.4, -0.2) is 35.5 Å². The minimum atomic E-state index is 0.267. The molecule has 0 bridgehead atoms. The van der Waals surface area contributed by atoms with E-state index in [0.29, 0.717) is 6.04 Å². The van der Waals surface area contributed by atoms with Crippen molar-refractivity contribution in [3.63, 3.8) is 0 Å². The first-order valence-corrected chi connectivity index (χ1v) is 5.83. The van der Waals surface area contributed by atoms with Crippen LogP contribution in [0.3, 0.4) is 0 Å². The molecule has 1 fully saturated rings. The van der Waals surface area contributed by atoms with Crippen molar-refractivity contribution in [3.8, 4) is 0 Å². The van der Waals surface area contributed by atoms with Gasteiger partial charge in [-0.05, 0) is 26.1 Å². The molecule has 1 saturated heterocycles. The van der Waals surface area contributed by atoms with Crippen molar-refractivity contribution < 1.29 is 4.74 Å². The summed E-state index contributed by atoms with van der Waals surface area (Å²) >= 11 is 6.53. The second-order valence-corrected chi connectivity index (χ2v) is 5.19. The lowest BCUT2D eigenvalue weighted by molar-refractivity contribution is 0.0343. The van der Waals surface area contributed by atoms with Gasteiger partial charge in [0.05, 0.1) is 18.8 Å². The average molecular weight is 231 g/mol. The summed E-state index contributed by atoms with van der Waals surface area (Å²) in [5.41, 5.74) is 0. The zero-order valence-electron chi connectivity index (χ0n) is 8.19. The van der Waals surface area contributed by atoms with Crippen LogP contribution >= 0.6 is 23.6 Å². The largest absolute Gasteiger partial charge is 0.375 e. The minimum Gasteiger partial charge on any atom is -0.375 e. The quantitative estimate of drug-likeness (QED) is 0.748. The lowest BCUT2D eigenvalue weighted by atomic mass is 10.2. The third kappa shape index (κ3) is 1.97. The Hall–Kier alpha value is -0.460. The van der Waals surface area contributed by atoms with E-state index in [4.69, 9.17) is 17.0 Å². The van der Waals surface area contributed by atoms with E-state index in [1.54, 1.807) is 0 Å². The number of aromatic amines is 1. The van der Waals surface area contributed by atoms with Gasteiger partial charge in [0, 0.05) is 6.54 Å². The van der Waals surface area contributed by atoms with Crippen LogP contribution in [0.15, 0.2) is 0 Å². The predicted octanol–water partition coefficient (Wildman–Crippen LogP) is 1.81. The first-order chi connectivity index (χ1) is 6.66. The molecule has 2 rings (SSSR count). The summed E-state index contributed by atoms with van der Waals surface area (Å²) in [5.74, 6) is 0. The number of H-pyrrole nitrogens is 1. The highest BCUT2D eigenvalue weighted by Gasteiger charge is 2.25. The van der Waals surface area contributed by atoms with Gasteiger partial charge in [-0.15, -0.1) is 5.10 Å². The smallest absolute Gasteiger partial charge is 0.207 e. The van der Waals surface area contributed by atoms with Crippen molar-refractivity contribution in [1.29, 1.82) is 0 Å². The Labute approximate surface area is 91.9 Å². The van der Waals surface area contributed by atoms with Crippen LogP contribution in [0.4, 0.5) is 5.13 Å². The van der Waals surface area contributed by atoms with Gasteiger partial charge in [0.1, 0.15) is 0 Å². The minimum absolute atomic E-state index is 0.267. The van der Waals surface area contributed by atoms with Gasteiger partial charge in [-0.2, -0.15) is 0 Å². The second-order valence-electron chi connectivity index (χ2n) is 3.54. The summed E-state index contributed by atoms with van der Waals surface area (Å²) in [6, 6.07) is 0.375. The van der Waals surface area contributed by atoms with Gasteiger partial charge in [-0.3, -0.25) is 5.10 Å². The Kier molecular flexibility index (Phi) is 2.85. The van der Waals surface area contributed by atoms with Crippen LogP contribution in [0.5, 0.6) is 0 Å². The molecule has 14 heavy (non-hydrogen) atoms. The molecule has 0 aromatic carbocycles. The molecule has 1 aromatic heterocycles. The first kappa shape index (κ1) is 10.1. The molecule has 1 aliphatic rings. The molecule has 2 atom stereocenters. The summed E-state index contributed by atoms with van der Waals surface area (Å²) < 4.78 is 6.28. The molecule has 2 unspecified atom stereocenters. The Morgan fingerprint density at radius 2 is 2.43 bits per heavy atom. The highest BCUT2D eigenvalue weighted by Crippen LogP contribution is 2.23. The van der Waals surface area contributed by atoms with E-state index >= 15 is 0 Å². The van der Waals surface area contributed by atoms with Crippen molar-refractivity contribution in [2.24, 2.45) is 0 Å². The maximum atomic E-state index is 5.55. The van der Waals surface area contributed by atoms with Gasteiger partial charge >= 0.3 is 0 Å². The Morgan fingerprint density at radius 3 is 3.07 bits per heavy atom. The first-order valence-electron chi connectivity index (χ1n) is 4.60. The van der Waals surface area contributed by atoms with Gasteiger partial charge in [0.15, 0.2) is 3.95 Å². The van der Waals surface area contributed by atoms with Crippen molar-refractivity contribution in [3.05, 3.63) is 3.95 Å². The van der Waals surface area contributed by atoms with E-state index < -0.39 is 0 Å². The van der Waals surface area contributed by atoms with Crippen LogP contribution in [0, 0.1) is 3.95 Å². The molecule has 0 spiro atoms. The number of nitrogens with zero attached hydrogens (tertiary/aromatic N) is 2. The van der Waals surface area contributed by atoms with Crippen LogP contribution in [0.2, 0.25) is 0 Å². The van der Waals surface area contributed by atoms with Crippen molar-refractivity contribution in [2.45, 2.75) is 26.0 Å². The summed E-state index contributed by atoms with van der Waals surface area (Å²) in [6.45, 7) is 5.85. The van der Waals surface area contributed by atoms with Gasteiger partial charge in [0.2, 0.25) is 5.13 Å². The number of ether oxygens (including phenoxy) is 1. The number of aromatic nitrogens is 2. The predicted molar refractivity (Wildman–Crippen MR) is 59.5 cm³/mol. The second kappa shape index (κ2) is 3.96. The van der Waals surface area contributed by atoms with E-state index in [-0.39, 0.29) is 6.10 Å². The molecule has 0 amide bonds. The fraction of sp³-hybridized carbons (Fsp3) is 0.750. The molecule has 1 aliphatic heterocycles. The number of nitrogens with one attached hydrogen (secondary N) is 1. The standard InChI is InChI=1S/C8H13N3OS2/c1-5-4-12-6(2)3-11(5)7-9-10-8(13)14-7/h5-6H,3-4H2,1-2H3,(H,10,13). The monoisotopic (exact) mass is 231 g/mol. The zero-order valence-corrected chi connectivity index (χ0v) is 9.82. The highest BCUT2D eigenvalue weighted by molar-refractivity contribution is 7.73. The maximum Gasteiger partial charge on any atom is 0.207 e.